The molecule has 2 aromatic heterocycles. The molecule has 1 aromatic carbocycles. The van der Waals surface area contributed by atoms with Crippen LogP contribution in [-0.4, -0.2) is 37.3 Å². The van der Waals surface area contributed by atoms with E-state index in [1.54, 1.807) is 6.92 Å². The summed E-state index contributed by atoms with van der Waals surface area (Å²) >= 11 is 0. The summed E-state index contributed by atoms with van der Waals surface area (Å²) < 4.78 is 7.23. The first kappa shape index (κ1) is 17.5. The Kier molecular flexibility index (Phi) is 4.51. The van der Waals surface area contributed by atoms with Gasteiger partial charge in [0, 0.05) is 17.8 Å². The first-order valence-corrected chi connectivity index (χ1v) is 9.28. The second kappa shape index (κ2) is 6.98. The molecule has 1 aliphatic heterocycles. The van der Waals surface area contributed by atoms with Gasteiger partial charge in [-0.2, -0.15) is 10.1 Å². The molecule has 3 aromatic rings. The van der Waals surface area contributed by atoms with E-state index in [4.69, 9.17) is 4.52 Å². The first-order chi connectivity index (χ1) is 13.0. The highest BCUT2D eigenvalue weighted by Gasteiger charge is 2.32. The zero-order chi connectivity index (χ0) is 19.0. The number of carbonyl (C=O) groups excluding carboxylic acids is 1. The molecule has 0 radical (unpaired) electrons. The molecule has 0 N–H and O–H groups in total. The minimum absolute atomic E-state index is 0.00419. The van der Waals surface area contributed by atoms with E-state index in [0.29, 0.717) is 23.8 Å². The van der Waals surface area contributed by atoms with Gasteiger partial charge in [0.25, 0.3) is 5.91 Å². The number of amides is 1. The number of likely N-dealkylation sites (tertiary alicyclic amines) is 1. The van der Waals surface area contributed by atoms with E-state index >= 15 is 0 Å². The van der Waals surface area contributed by atoms with Gasteiger partial charge in [0.2, 0.25) is 5.89 Å². The van der Waals surface area contributed by atoms with Crippen LogP contribution in [-0.2, 0) is 0 Å². The smallest absolute Gasteiger partial charge is 0.254 e. The lowest BCUT2D eigenvalue weighted by molar-refractivity contribution is 0.0561. The summed E-state index contributed by atoms with van der Waals surface area (Å²) in [6.07, 6.45) is 2.88. The van der Waals surface area contributed by atoms with E-state index in [-0.39, 0.29) is 11.9 Å². The van der Waals surface area contributed by atoms with Crippen LogP contribution in [0, 0.1) is 20.8 Å². The molecule has 1 amide bonds. The Balaban J connectivity index is 1.58. The van der Waals surface area contributed by atoms with Crippen molar-refractivity contribution in [3.05, 3.63) is 59.0 Å². The van der Waals surface area contributed by atoms with Crippen LogP contribution in [0.2, 0.25) is 0 Å². The molecular formula is C20H23N5O2. The van der Waals surface area contributed by atoms with Gasteiger partial charge in [-0.25, -0.2) is 4.68 Å². The number of hydrogen-bond donors (Lipinski definition) is 0. The summed E-state index contributed by atoms with van der Waals surface area (Å²) in [5, 5.41) is 8.37. The Morgan fingerprint density at radius 2 is 1.93 bits per heavy atom. The molecule has 27 heavy (non-hydrogen) atoms. The minimum atomic E-state index is -0.150. The van der Waals surface area contributed by atoms with Crippen molar-refractivity contribution in [3.8, 4) is 5.69 Å². The molecule has 4 rings (SSSR count). The van der Waals surface area contributed by atoms with Gasteiger partial charge in [0.05, 0.1) is 11.4 Å². The van der Waals surface area contributed by atoms with E-state index in [1.807, 2.05) is 53.8 Å². The molecule has 1 atom stereocenters. The molecule has 140 valence electrons. The molecule has 3 heterocycles. The number of piperidine rings is 1. The zero-order valence-electron chi connectivity index (χ0n) is 15.8. The second-order valence-electron chi connectivity index (χ2n) is 7.08. The molecule has 1 fully saturated rings. The van der Waals surface area contributed by atoms with Crippen LogP contribution >= 0.6 is 0 Å². The van der Waals surface area contributed by atoms with E-state index < -0.39 is 0 Å². The third-order valence-corrected chi connectivity index (χ3v) is 4.96. The minimum Gasteiger partial charge on any atom is -0.337 e. The summed E-state index contributed by atoms with van der Waals surface area (Å²) in [5.41, 5.74) is 3.64. The van der Waals surface area contributed by atoms with Crippen LogP contribution in [0.3, 0.4) is 0 Å². The number of aromatic nitrogens is 4. The third kappa shape index (κ3) is 3.37. The highest BCUT2D eigenvalue weighted by molar-refractivity contribution is 5.94. The lowest BCUT2D eigenvalue weighted by Crippen LogP contribution is -2.38. The fourth-order valence-electron chi connectivity index (χ4n) is 3.68. The molecule has 0 bridgehead atoms. The molecule has 0 saturated carbocycles. The maximum absolute atomic E-state index is 13.1. The quantitative estimate of drug-likeness (QED) is 0.709. The van der Waals surface area contributed by atoms with Gasteiger partial charge in [0.15, 0.2) is 5.82 Å². The second-order valence-corrected chi connectivity index (χ2v) is 7.08. The van der Waals surface area contributed by atoms with Crippen molar-refractivity contribution in [2.45, 2.75) is 46.1 Å². The molecule has 1 unspecified atom stereocenters. The van der Waals surface area contributed by atoms with Gasteiger partial charge < -0.3 is 9.42 Å². The summed E-state index contributed by atoms with van der Waals surface area (Å²) in [6, 6.07) is 9.47. The lowest BCUT2D eigenvalue weighted by Gasteiger charge is -2.33. The van der Waals surface area contributed by atoms with E-state index in [1.165, 1.54) is 0 Å². The predicted octanol–water partition coefficient (Wildman–Crippen LogP) is 3.55. The fourth-order valence-corrected chi connectivity index (χ4v) is 3.68. The van der Waals surface area contributed by atoms with Crippen molar-refractivity contribution >= 4 is 5.91 Å². The fraction of sp³-hybridized carbons (Fsp3) is 0.400. The van der Waals surface area contributed by atoms with Gasteiger partial charge in [-0.3, -0.25) is 4.79 Å². The highest BCUT2D eigenvalue weighted by atomic mass is 16.5. The monoisotopic (exact) mass is 365 g/mol. The average molecular weight is 365 g/mol. The summed E-state index contributed by atoms with van der Waals surface area (Å²) in [6.45, 7) is 6.48. The molecular weight excluding hydrogens is 342 g/mol. The number of nitrogens with zero attached hydrogens (tertiary/aromatic N) is 5. The standard InChI is InChI=1S/C20H23N5O2/c1-13-12-14(2)25(22-13)17-9-7-16(8-10-17)20(26)24-11-5-4-6-18(24)19-21-15(3)23-27-19/h7-10,12,18H,4-6,11H2,1-3H3. The number of carbonyl (C=O) groups is 1. The first-order valence-electron chi connectivity index (χ1n) is 9.28. The van der Waals surface area contributed by atoms with Crippen molar-refractivity contribution < 1.29 is 9.32 Å². The van der Waals surface area contributed by atoms with Crippen LogP contribution in [0.25, 0.3) is 5.69 Å². The van der Waals surface area contributed by atoms with Gasteiger partial charge in [-0.1, -0.05) is 5.16 Å². The van der Waals surface area contributed by atoms with E-state index in [9.17, 15) is 4.79 Å². The molecule has 0 spiro atoms. The van der Waals surface area contributed by atoms with Crippen molar-refractivity contribution in [2.75, 3.05) is 6.54 Å². The molecule has 0 aliphatic carbocycles. The van der Waals surface area contributed by atoms with Gasteiger partial charge in [-0.15, -0.1) is 0 Å². The molecule has 1 aliphatic rings. The summed E-state index contributed by atoms with van der Waals surface area (Å²) in [5.74, 6) is 1.12. The Labute approximate surface area is 158 Å². The average Bonchev–Trinajstić information content (AvgIpc) is 3.26. The number of benzene rings is 1. The Bertz CT molecular complexity index is 957. The number of rotatable bonds is 3. The van der Waals surface area contributed by atoms with Crippen molar-refractivity contribution in [1.29, 1.82) is 0 Å². The third-order valence-electron chi connectivity index (χ3n) is 4.96. The number of hydrogen-bond acceptors (Lipinski definition) is 5. The van der Waals surface area contributed by atoms with Crippen molar-refractivity contribution in [3.63, 3.8) is 0 Å². The SMILES string of the molecule is Cc1cc(C)n(-c2ccc(C(=O)N3CCCCC3c3nc(C)no3)cc2)n1. The van der Waals surface area contributed by atoms with Crippen LogP contribution in [0.4, 0.5) is 0 Å². The highest BCUT2D eigenvalue weighted by Crippen LogP contribution is 2.31. The van der Waals surface area contributed by atoms with Gasteiger partial charge in [-0.05, 0) is 70.4 Å². The summed E-state index contributed by atoms with van der Waals surface area (Å²) in [7, 11) is 0. The van der Waals surface area contributed by atoms with Crippen molar-refractivity contribution in [2.24, 2.45) is 0 Å². The Morgan fingerprint density at radius 1 is 1.15 bits per heavy atom. The molecule has 1 saturated heterocycles. The maximum atomic E-state index is 13.1. The van der Waals surface area contributed by atoms with Crippen LogP contribution in [0.1, 0.15) is 58.8 Å². The largest absolute Gasteiger partial charge is 0.337 e. The number of aryl methyl sites for hydroxylation is 3. The normalized spacial score (nSPS) is 17.3. The molecule has 7 nitrogen and oxygen atoms in total. The zero-order valence-corrected chi connectivity index (χ0v) is 15.8. The van der Waals surface area contributed by atoms with E-state index in [0.717, 1.165) is 36.3 Å². The Hall–Kier alpha value is -2.96. The van der Waals surface area contributed by atoms with Crippen LogP contribution in [0.15, 0.2) is 34.9 Å². The van der Waals surface area contributed by atoms with Gasteiger partial charge >= 0.3 is 0 Å². The van der Waals surface area contributed by atoms with Gasteiger partial charge in [0.1, 0.15) is 6.04 Å². The topological polar surface area (TPSA) is 77.0 Å². The van der Waals surface area contributed by atoms with Crippen LogP contribution < -0.4 is 0 Å². The summed E-state index contributed by atoms with van der Waals surface area (Å²) in [4.78, 5) is 19.3. The predicted molar refractivity (Wildman–Crippen MR) is 99.7 cm³/mol. The molecule has 7 heteroatoms. The van der Waals surface area contributed by atoms with E-state index in [2.05, 4.69) is 15.2 Å². The Morgan fingerprint density at radius 3 is 2.56 bits per heavy atom. The van der Waals surface area contributed by atoms with Crippen molar-refractivity contribution in [1.82, 2.24) is 24.8 Å². The van der Waals surface area contributed by atoms with Crippen LogP contribution in [0.5, 0.6) is 0 Å². The lowest BCUT2D eigenvalue weighted by atomic mass is 10.0. The maximum Gasteiger partial charge on any atom is 0.254 e.